The number of para-hydroxylation sites is 1. The molecule has 228 valence electrons. The van der Waals surface area contributed by atoms with Gasteiger partial charge < -0.3 is 15.2 Å². The Kier molecular flexibility index (Phi) is 8.36. The molecule has 3 aromatic heterocycles. The molecule has 10 nitrogen and oxygen atoms in total. The number of pyridine rings is 2. The van der Waals surface area contributed by atoms with Crippen LogP contribution in [0.3, 0.4) is 0 Å². The van der Waals surface area contributed by atoms with Crippen molar-refractivity contribution in [1.82, 2.24) is 19.3 Å². The molecule has 0 unspecified atom stereocenters. The van der Waals surface area contributed by atoms with Gasteiger partial charge in [0.2, 0.25) is 0 Å². The second kappa shape index (κ2) is 12.0. The van der Waals surface area contributed by atoms with Crippen LogP contribution < -0.4 is 15.6 Å². The predicted molar refractivity (Wildman–Crippen MR) is 175 cm³/mol. The van der Waals surface area contributed by atoms with Crippen molar-refractivity contribution in [3.63, 3.8) is 0 Å². The van der Waals surface area contributed by atoms with E-state index in [9.17, 15) is 18.9 Å². The number of fused-ring (bicyclic) bond motifs is 1. The quantitative estimate of drug-likeness (QED) is 0.201. The average Bonchev–Trinajstić information content (AvgIpc) is 3.20. The summed E-state index contributed by atoms with van der Waals surface area (Å²) in [5, 5.41) is 15.7. The Morgan fingerprint density at radius 3 is 2.48 bits per heavy atom. The maximum atomic E-state index is 13.5. The predicted octanol–water partition coefficient (Wildman–Crippen LogP) is 4.95. The Morgan fingerprint density at radius 1 is 1.07 bits per heavy atom. The van der Waals surface area contributed by atoms with Crippen LogP contribution in [0.1, 0.15) is 35.5 Å². The highest BCUT2D eigenvalue weighted by Crippen LogP contribution is 2.30. The van der Waals surface area contributed by atoms with E-state index >= 15 is 0 Å². The fraction of sp³-hybridized carbons (Fsp3) is 0.212. The smallest absolute Gasteiger partial charge is 0.284 e. The molecular formula is C33H35N5O5S. The van der Waals surface area contributed by atoms with E-state index in [2.05, 4.69) is 15.3 Å². The summed E-state index contributed by atoms with van der Waals surface area (Å²) >= 11 is 0. The second-order valence-corrected chi connectivity index (χ2v) is 14.7. The van der Waals surface area contributed by atoms with Gasteiger partial charge in [0.05, 0.1) is 35.2 Å². The zero-order chi connectivity index (χ0) is 31.6. The fourth-order valence-corrected chi connectivity index (χ4v) is 5.24. The fourth-order valence-electron chi connectivity index (χ4n) is 4.71. The van der Waals surface area contributed by atoms with Crippen LogP contribution in [0, 0.1) is 6.92 Å². The lowest BCUT2D eigenvalue weighted by molar-refractivity contribution is 0.0546. The van der Waals surface area contributed by atoms with E-state index in [1.54, 1.807) is 92.0 Å². The van der Waals surface area contributed by atoms with Crippen molar-refractivity contribution in [3.8, 4) is 17.2 Å². The molecule has 11 heteroatoms. The van der Waals surface area contributed by atoms with Crippen molar-refractivity contribution >= 4 is 38.6 Å². The molecule has 44 heavy (non-hydrogen) atoms. The van der Waals surface area contributed by atoms with E-state index in [4.69, 9.17) is 4.74 Å². The third kappa shape index (κ3) is 7.01. The SMILES string of the molecule is Cc1c(C(=O)Nc2ccc(Oc3ccnc4cc(/C=C/[SH](C)(C)=O)ccc34)cn2)c(=O)n(-c2ccccc2)n1CC(C)(C)O. The van der Waals surface area contributed by atoms with Gasteiger partial charge in [-0.15, -0.1) is 0 Å². The number of benzene rings is 2. The number of nitrogens with zero attached hydrogens (tertiary/aromatic N) is 4. The molecular weight excluding hydrogens is 578 g/mol. The van der Waals surface area contributed by atoms with E-state index < -0.39 is 27.0 Å². The number of thiol groups is 1. The zero-order valence-corrected chi connectivity index (χ0v) is 26.1. The second-order valence-electron chi connectivity index (χ2n) is 11.6. The van der Waals surface area contributed by atoms with Gasteiger partial charge in [0, 0.05) is 11.6 Å². The van der Waals surface area contributed by atoms with Crippen LogP contribution in [-0.4, -0.2) is 52.7 Å². The summed E-state index contributed by atoms with van der Waals surface area (Å²) in [7, 11) is -2.29. The lowest BCUT2D eigenvalue weighted by Crippen LogP contribution is -2.32. The number of rotatable bonds is 9. The molecule has 0 saturated carbocycles. The average molecular weight is 614 g/mol. The van der Waals surface area contributed by atoms with E-state index in [-0.39, 0.29) is 17.9 Å². The number of aliphatic hydroxyl groups is 1. The largest absolute Gasteiger partial charge is 0.455 e. The summed E-state index contributed by atoms with van der Waals surface area (Å²) in [6.07, 6.45) is 8.37. The molecule has 0 spiro atoms. The lowest BCUT2D eigenvalue weighted by atomic mass is 10.1. The molecule has 5 aromatic rings. The summed E-state index contributed by atoms with van der Waals surface area (Å²) < 4.78 is 21.1. The first-order valence-corrected chi connectivity index (χ1v) is 16.6. The molecule has 2 aromatic carbocycles. The molecule has 0 saturated heterocycles. The van der Waals surface area contributed by atoms with E-state index in [1.165, 1.54) is 10.9 Å². The first kappa shape index (κ1) is 30.6. The molecule has 5 rings (SSSR count). The van der Waals surface area contributed by atoms with Crippen molar-refractivity contribution in [1.29, 1.82) is 0 Å². The van der Waals surface area contributed by atoms with Crippen molar-refractivity contribution < 1.29 is 18.8 Å². The van der Waals surface area contributed by atoms with Gasteiger partial charge in [-0.3, -0.25) is 23.5 Å². The highest BCUT2D eigenvalue weighted by molar-refractivity contribution is 8.04. The maximum Gasteiger partial charge on any atom is 0.284 e. The van der Waals surface area contributed by atoms with Crippen LogP contribution >= 0.6 is 0 Å². The van der Waals surface area contributed by atoms with Crippen LogP contribution in [0.2, 0.25) is 0 Å². The van der Waals surface area contributed by atoms with Gasteiger partial charge in [0.1, 0.15) is 22.9 Å². The Labute approximate surface area is 256 Å². The third-order valence-electron chi connectivity index (χ3n) is 6.72. The molecule has 0 aliphatic carbocycles. The van der Waals surface area contributed by atoms with Crippen LogP contribution in [0.15, 0.2) is 89.3 Å². The molecule has 0 aliphatic rings. The number of hydrogen-bond donors (Lipinski definition) is 3. The number of amides is 1. The molecule has 2 N–H and O–H groups in total. The van der Waals surface area contributed by atoms with Gasteiger partial charge in [-0.25, -0.2) is 9.67 Å². The van der Waals surface area contributed by atoms with Crippen molar-refractivity contribution in [2.45, 2.75) is 32.9 Å². The number of ether oxygens (including phenoxy) is 1. The van der Waals surface area contributed by atoms with Crippen molar-refractivity contribution in [3.05, 3.63) is 112 Å². The Balaban J connectivity index is 1.37. The molecule has 0 radical (unpaired) electrons. The monoisotopic (exact) mass is 613 g/mol. The van der Waals surface area contributed by atoms with E-state index in [0.29, 0.717) is 22.9 Å². The molecule has 0 bridgehead atoms. The molecule has 0 aliphatic heterocycles. The summed E-state index contributed by atoms with van der Waals surface area (Å²) in [6.45, 7) is 5.06. The zero-order valence-electron chi connectivity index (χ0n) is 25.2. The Hall–Kier alpha value is -4.87. The van der Waals surface area contributed by atoms with Crippen LogP contribution in [-0.2, 0) is 16.5 Å². The minimum atomic E-state index is -2.29. The minimum Gasteiger partial charge on any atom is -0.455 e. The molecule has 0 fully saturated rings. The number of carbonyl (C=O) groups is 1. The molecule has 0 atom stereocenters. The van der Waals surface area contributed by atoms with Gasteiger partial charge in [0.25, 0.3) is 11.5 Å². The first-order chi connectivity index (χ1) is 20.8. The number of anilines is 1. The van der Waals surface area contributed by atoms with Crippen molar-refractivity contribution in [2.24, 2.45) is 0 Å². The standard InChI is InChI=1S/C33H35N5O5S/c1-22-30(32(40)38(24-9-7-6-8-10-24)37(22)21-33(2,3)41)31(39)36-29-14-12-25(20-35-29)43-28-15-17-34-27-19-23(11-13-26(27)28)16-18-44(4,5)42/h6-20,41,44H,21H2,1-5H3,(H,35,36,39)/b18-16+. The number of hydrogen-bond acceptors (Lipinski definition) is 7. The number of nitrogens with one attached hydrogen (secondary N) is 1. The number of aromatic nitrogens is 4. The number of carbonyl (C=O) groups excluding carboxylic acids is 1. The van der Waals surface area contributed by atoms with E-state index in [1.807, 2.05) is 30.3 Å². The topological polar surface area (TPSA) is 128 Å². The van der Waals surface area contributed by atoms with E-state index in [0.717, 1.165) is 16.5 Å². The van der Waals surface area contributed by atoms with Crippen LogP contribution in [0.25, 0.3) is 22.7 Å². The maximum absolute atomic E-state index is 13.5. The third-order valence-corrected chi connectivity index (χ3v) is 7.59. The van der Waals surface area contributed by atoms with Gasteiger partial charge in [-0.05, 0) is 92.8 Å². The highest BCUT2D eigenvalue weighted by Gasteiger charge is 2.27. The highest BCUT2D eigenvalue weighted by atomic mass is 32.2. The van der Waals surface area contributed by atoms with Gasteiger partial charge in [0.15, 0.2) is 0 Å². The normalized spacial score (nSPS) is 12.5. The summed E-state index contributed by atoms with van der Waals surface area (Å²) in [5.74, 6) is 0.644. The van der Waals surface area contributed by atoms with Crippen LogP contribution in [0.5, 0.6) is 11.5 Å². The molecule has 1 amide bonds. The summed E-state index contributed by atoms with van der Waals surface area (Å²) in [4.78, 5) is 35.7. The minimum absolute atomic E-state index is 0.0432. The first-order valence-electron chi connectivity index (χ1n) is 14.0. The summed E-state index contributed by atoms with van der Waals surface area (Å²) in [5.41, 5.74) is 0.918. The van der Waals surface area contributed by atoms with Gasteiger partial charge in [-0.1, -0.05) is 34.2 Å². The van der Waals surface area contributed by atoms with Crippen LogP contribution in [0.4, 0.5) is 5.82 Å². The summed E-state index contributed by atoms with van der Waals surface area (Å²) in [6, 6.07) is 19.7. The Morgan fingerprint density at radius 2 is 1.82 bits per heavy atom. The van der Waals surface area contributed by atoms with Gasteiger partial charge in [-0.2, -0.15) is 0 Å². The lowest BCUT2D eigenvalue weighted by Gasteiger charge is -2.22. The van der Waals surface area contributed by atoms with Crippen molar-refractivity contribution in [2.75, 3.05) is 17.8 Å². The van der Waals surface area contributed by atoms with Gasteiger partial charge >= 0.3 is 0 Å². The Bertz CT molecular complexity index is 1970. The molecule has 3 heterocycles.